The highest BCUT2D eigenvalue weighted by Gasteiger charge is 2.31. The fraction of sp³-hybridized carbons (Fsp3) is 0.375. The summed E-state index contributed by atoms with van der Waals surface area (Å²) < 4.78 is 5.09. The lowest BCUT2D eigenvalue weighted by Gasteiger charge is -2.22. The van der Waals surface area contributed by atoms with Gasteiger partial charge in [-0.3, -0.25) is 9.69 Å². The van der Waals surface area contributed by atoms with E-state index in [1.807, 2.05) is 13.0 Å². The average Bonchev–Trinajstić information content (AvgIpc) is 3.07. The number of rotatable bonds is 4. The van der Waals surface area contributed by atoms with E-state index in [4.69, 9.17) is 27.7 Å². The third-order valence-electron chi connectivity index (χ3n) is 3.84. The van der Waals surface area contributed by atoms with Crippen molar-refractivity contribution in [3.05, 3.63) is 45.8 Å². The van der Waals surface area contributed by atoms with Gasteiger partial charge < -0.3 is 9.84 Å². The van der Waals surface area contributed by atoms with Crippen molar-refractivity contribution < 1.29 is 9.32 Å². The van der Waals surface area contributed by atoms with Crippen LogP contribution in [0, 0.1) is 6.92 Å². The molecule has 1 aliphatic heterocycles. The molecule has 1 N–H and O–H groups in total. The number of aromatic nitrogens is 1. The van der Waals surface area contributed by atoms with Crippen molar-refractivity contribution in [3.8, 4) is 0 Å². The zero-order valence-corrected chi connectivity index (χ0v) is 14.2. The first kappa shape index (κ1) is 16.3. The van der Waals surface area contributed by atoms with Gasteiger partial charge in [0.2, 0.25) is 5.91 Å². The maximum Gasteiger partial charge on any atom is 0.241 e. The largest absolute Gasteiger partial charge is 0.361 e. The molecule has 122 valence electrons. The number of anilines is 1. The molecule has 2 aromatic rings. The Hall–Kier alpha value is -1.56. The summed E-state index contributed by atoms with van der Waals surface area (Å²) in [5, 5.41) is 7.88. The summed E-state index contributed by atoms with van der Waals surface area (Å²) in [6.07, 6.45) is 1.79. The number of hydrogen-bond acceptors (Lipinski definition) is 4. The van der Waals surface area contributed by atoms with Crippen LogP contribution in [0.3, 0.4) is 0 Å². The van der Waals surface area contributed by atoms with Crippen LogP contribution in [0.5, 0.6) is 0 Å². The minimum atomic E-state index is -0.190. The Balaban J connectivity index is 1.67. The second-order valence-electron chi connectivity index (χ2n) is 5.70. The molecule has 1 amide bonds. The van der Waals surface area contributed by atoms with E-state index in [0.29, 0.717) is 22.3 Å². The van der Waals surface area contributed by atoms with Crippen molar-refractivity contribution in [1.82, 2.24) is 10.1 Å². The maximum absolute atomic E-state index is 12.6. The van der Waals surface area contributed by atoms with E-state index < -0.39 is 0 Å². The first-order valence-corrected chi connectivity index (χ1v) is 8.20. The zero-order chi connectivity index (χ0) is 16.4. The van der Waals surface area contributed by atoms with E-state index >= 15 is 0 Å². The molecule has 2 heterocycles. The van der Waals surface area contributed by atoms with Gasteiger partial charge >= 0.3 is 0 Å². The summed E-state index contributed by atoms with van der Waals surface area (Å²) in [6.45, 7) is 3.32. The van der Waals surface area contributed by atoms with E-state index in [1.165, 1.54) is 0 Å². The van der Waals surface area contributed by atoms with Crippen LogP contribution in [0.1, 0.15) is 24.3 Å². The van der Waals surface area contributed by atoms with E-state index in [-0.39, 0.29) is 11.9 Å². The fourth-order valence-electron chi connectivity index (χ4n) is 2.86. The van der Waals surface area contributed by atoms with E-state index in [9.17, 15) is 4.79 Å². The molecule has 0 unspecified atom stereocenters. The van der Waals surface area contributed by atoms with Crippen LogP contribution < -0.4 is 5.32 Å². The Morgan fingerprint density at radius 2 is 2.09 bits per heavy atom. The molecule has 5 nitrogen and oxygen atoms in total. The Kier molecular flexibility index (Phi) is 4.90. The molecular weight excluding hydrogens is 337 g/mol. The number of nitrogens with one attached hydrogen (secondary N) is 1. The maximum atomic E-state index is 12.6. The van der Waals surface area contributed by atoms with Crippen LogP contribution in [0.15, 0.2) is 28.8 Å². The van der Waals surface area contributed by atoms with Gasteiger partial charge in [0.15, 0.2) is 0 Å². The fourth-order valence-corrected chi connectivity index (χ4v) is 3.39. The van der Waals surface area contributed by atoms with E-state index in [0.717, 1.165) is 30.8 Å². The van der Waals surface area contributed by atoms with Gasteiger partial charge in [-0.15, -0.1) is 0 Å². The Morgan fingerprint density at radius 3 is 2.74 bits per heavy atom. The Labute approximate surface area is 144 Å². The normalized spacial score (nSPS) is 18.3. The number of benzene rings is 1. The molecule has 1 aromatic carbocycles. The molecule has 1 saturated heterocycles. The molecule has 0 spiro atoms. The average molecular weight is 354 g/mol. The molecular formula is C16H17Cl2N3O2. The van der Waals surface area contributed by atoms with Gasteiger partial charge in [-0.1, -0.05) is 28.4 Å². The Bertz CT molecular complexity index is 697. The van der Waals surface area contributed by atoms with Gasteiger partial charge in [0.25, 0.3) is 0 Å². The van der Waals surface area contributed by atoms with Gasteiger partial charge in [-0.2, -0.15) is 0 Å². The molecule has 1 atom stereocenters. The highest BCUT2D eigenvalue weighted by molar-refractivity contribution is 6.35. The smallest absolute Gasteiger partial charge is 0.241 e. The predicted molar refractivity (Wildman–Crippen MR) is 89.8 cm³/mol. The molecule has 0 radical (unpaired) electrons. The van der Waals surface area contributed by atoms with Gasteiger partial charge in [-0.05, 0) is 44.5 Å². The van der Waals surface area contributed by atoms with Crippen molar-refractivity contribution in [2.24, 2.45) is 0 Å². The first-order chi connectivity index (χ1) is 11.0. The molecule has 0 bridgehead atoms. The molecule has 7 heteroatoms. The molecule has 3 rings (SSSR count). The molecule has 1 aromatic heterocycles. The van der Waals surface area contributed by atoms with Crippen LogP contribution >= 0.6 is 23.2 Å². The van der Waals surface area contributed by atoms with Gasteiger partial charge in [0.1, 0.15) is 5.76 Å². The van der Waals surface area contributed by atoms with Crippen molar-refractivity contribution >= 4 is 34.8 Å². The lowest BCUT2D eigenvalue weighted by molar-refractivity contribution is -0.120. The van der Waals surface area contributed by atoms with Gasteiger partial charge in [0, 0.05) is 28.3 Å². The van der Waals surface area contributed by atoms with E-state index in [2.05, 4.69) is 15.4 Å². The molecule has 0 aliphatic carbocycles. The molecule has 0 saturated carbocycles. The summed E-state index contributed by atoms with van der Waals surface area (Å²) >= 11 is 11.9. The Morgan fingerprint density at radius 1 is 1.35 bits per heavy atom. The molecule has 1 aliphatic rings. The summed E-state index contributed by atoms with van der Waals surface area (Å²) in [7, 11) is 0. The van der Waals surface area contributed by atoms with Crippen LogP contribution in [0.4, 0.5) is 5.69 Å². The number of likely N-dealkylation sites (tertiary alicyclic amines) is 1. The minimum absolute atomic E-state index is 0.0546. The lowest BCUT2D eigenvalue weighted by Crippen LogP contribution is -2.39. The monoisotopic (exact) mass is 353 g/mol. The number of hydrogen-bond donors (Lipinski definition) is 1. The number of nitrogens with zero attached hydrogens (tertiary/aromatic N) is 2. The number of amides is 1. The second-order valence-corrected chi connectivity index (χ2v) is 6.58. The standard InChI is InChI=1S/C16H17Cl2N3O2/c1-10-5-14(20-23-10)9-21-4-2-3-15(21)16(22)19-13-7-11(17)6-12(18)8-13/h5-8,15H,2-4,9H2,1H3,(H,19,22)/t15-/m1/s1. The topological polar surface area (TPSA) is 58.4 Å². The summed E-state index contributed by atoms with van der Waals surface area (Å²) in [5.41, 5.74) is 1.45. The number of carbonyl (C=O) groups excluding carboxylic acids is 1. The summed E-state index contributed by atoms with van der Waals surface area (Å²) in [6, 6.07) is 6.71. The molecule has 23 heavy (non-hydrogen) atoms. The number of aryl methyl sites for hydroxylation is 1. The third-order valence-corrected chi connectivity index (χ3v) is 4.27. The third kappa shape index (κ3) is 4.05. The molecule has 1 fully saturated rings. The van der Waals surface area contributed by atoms with Crippen LogP contribution in [0.25, 0.3) is 0 Å². The van der Waals surface area contributed by atoms with Gasteiger partial charge in [-0.25, -0.2) is 0 Å². The lowest BCUT2D eigenvalue weighted by atomic mass is 10.2. The quantitative estimate of drug-likeness (QED) is 0.905. The highest BCUT2D eigenvalue weighted by atomic mass is 35.5. The first-order valence-electron chi connectivity index (χ1n) is 7.44. The van der Waals surface area contributed by atoms with Gasteiger partial charge in [0.05, 0.1) is 11.7 Å². The highest BCUT2D eigenvalue weighted by Crippen LogP contribution is 2.25. The number of halogens is 2. The van der Waals surface area contributed by atoms with Crippen molar-refractivity contribution in [2.45, 2.75) is 32.4 Å². The van der Waals surface area contributed by atoms with Crippen LogP contribution in [-0.4, -0.2) is 28.6 Å². The SMILES string of the molecule is Cc1cc(CN2CCC[C@@H]2C(=O)Nc2cc(Cl)cc(Cl)c2)no1. The van der Waals surface area contributed by atoms with Crippen molar-refractivity contribution in [2.75, 3.05) is 11.9 Å². The van der Waals surface area contributed by atoms with Crippen molar-refractivity contribution in [3.63, 3.8) is 0 Å². The van der Waals surface area contributed by atoms with Crippen LogP contribution in [0.2, 0.25) is 10.0 Å². The minimum Gasteiger partial charge on any atom is -0.361 e. The second kappa shape index (κ2) is 6.91. The van der Waals surface area contributed by atoms with E-state index in [1.54, 1.807) is 18.2 Å². The van der Waals surface area contributed by atoms with Crippen molar-refractivity contribution in [1.29, 1.82) is 0 Å². The van der Waals surface area contributed by atoms with Crippen LogP contribution in [-0.2, 0) is 11.3 Å². The zero-order valence-electron chi connectivity index (χ0n) is 12.7. The summed E-state index contributed by atoms with van der Waals surface area (Å²) in [5.74, 6) is 0.717. The predicted octanol–water partition coefficient (Wildman–Crippen LogP) is 3.89. The summed E-state index contributed by atoms with van der Waals surface area (Å²) in [4.78, 5) is 14.7. The number of carbonyl (C=O) groups is 1.